The summed E-state index contributed by atoms with van der Waals surface area (Å²) in [6, 6.07) is 7.86. The van der Waals surface area contributed by atoms with Gasteiger partial charge in [-0.15, -0.1) is 0 Å². The van der Waals surface area contributed by atoms with Crippen LogP contribution in [0.25, 0.3) is 0 Å². The third-order valence-corrected chi connectivity index (χ3v) is 4.00. The zero-order valence-electron chi connectivity index (χ0n) is 17.1. The number of carbonyl (C=O) groups excluding carboxylic acids is 1. The highest BCUT2D eigenvalue weighted by Crippen LogP contribution is 2.20. The van der Waals surface area contributed by atoms with Crippen molar-refractivity contribution in [3.05, 3.63) is 47.9 Å². The first-order valence-corrected chi connectivity index (χ1v) is 9.09. The lowest BCUT2D eigenvalue weighted by molar-refractivity contribution is 0.0913. The van der Waals surface area contributed by atoms with Gasteiger partial charge in [0, 0.05) is 18.3 Å². The number of rotatable bonds is 7. The lowest BCUT2D eigenvalue weighted by Gasteiger charge is -2.27. The second-order valence-electron chi connectivity index (χ2n) is 8.56. The van der Waals surface area contributed by atoms with Gasteiger partial charge in [0.15, 0.2) is 0 Å². The predicted octanol–water partition coefficient (Wildman–Crippen LogP) is 3.69. The van der Waals surface area contributed by atoms with Crippen molar-refractivity contribution < 1.29 is 9.53 Å². The van der Waals surface area contributed by atoms with Gasteiger partial charge < -0.3 is 15.4 Å². The Morgan fingerprint density at radius 1 is 1.11 bits per heavy atom. The first-order chi connectivity index (χ1) is 12.6. The summed E-state index contributed by atoms with van der Waals surface area (Å²) in [5, 5.41) is 6.35. The van der Waals surface area contributed by atoms with Crippen LogP contribution in [0, 0.1) is 5.41 Å². The van der Waals surface area contributed by atoms with Gasteiger partial charge in [0.2, 0.25) is 0 Å². The molecule has 0 saturated heterocycles. The van der Waals surface area contributed by atoms with Crippen molar-refractivity contribution in [3.8, 4) is 5.75 Å². The van der Waals surface area contributed by atoms with Gasteiger partial charge in [0.1, 0.15) is 23.5 Å². The van der Waals surface area contributed by atoms with E-state index < -0.39 is 5.54 Å². The molecule has 27 heavy (non-hydrogen) atoms. The fraction of sp³-hybridized carbons (Fsp3) is 0.476. The smallest absolute Gasteiger partial charge is 0.257 e. The van der Waals surface area contributed by atoms with Crippen molar-refractivity contribution in [2.45, 2.75) is 46.6 Å². The summed E-state index contributed by atoms with van der Waals surface area (Å²) in [4.78, 5) is 21.1. The molecule has 1 heterocycles. The molecule has 2 N–H and O–H groups in total. The van der Waals surface area contributed by atoms with Crippen molar-refractivity contribution in [1.29, 1.82) is 0 Å². The van der Waals surface area contributed by atoms with E-state index in [2.05, 4.69) is 41.4 Å². The molecule has 1 aromatic heterocycles. The van der Waals surface area contributed by atoms with Crippen LogP contribution in [-0.4, -0.2) is 35.1 Å². The van der Waals surface area contributed by atoms with Gasteiger partial charge in [0.05, 0.1) is 7.11 Å². The molecule has 0 unspecified atom stereocenters. The van der Waals surface area contributed by atoms with E-state index in [0.29, 0.717) is 24.3 Å². The van der Waals surface area contributed by atoms with E-state index in [1.54, 1.807) is 13.3 Å². The number of methoxy groups -OCH3 is 1. The van der Waals surface area contributed by atoms with Crippen LogP contribution in [0.3, 0.4) is 0 Å². The highest BCUT2D eigenvalue weighted by molar-refractivity contribution is 5.98. The summed E-state index contributed by atoms with van der Waals surface area (Å²) in [5.41, 5.74) is 1.22. The number of aromatic nitrogens is 2. The molecule has 0 atom stereocenters. The van der Waals surface area contributed by atoms with Gasteiger partial charge in [-0.25, -0.2) is 9.97 Å². The molecule has 0 aliphatic heterocycles. The number of hydrogen-bond donors (Lipinski definition) is 2. The first kappa shape index (κ1) is 20.7. The van der Waals surface area contributed by atoms with E-state index in [0.717, 1.165) is 11.3 Å². The molecule has 0 bridgehead atoms. The van der Waals surface area contributed by atoms with Crippen LogP contribution in [0.1, 0.15) is 50.5 Å². The van der Waals surface area contributed by atoms with Crippen molar-refractivity contribution in [2.75, 3.05) is 19.0 Å². The Kier molecular flexibility index (Phi) is 6.41. The second kappa shape index (κ2) is 8.37. The monoisotopic (exact) mass is 370 g/mol. The molecule has 0 aliphatic rings. The van der Waals surface area contributed by atoms with Crippen LogP contribution < -0.4 is 15.4 Å². The lowest BCUT2D eigenvalue weighted by atomic mass is 9.94. The predicted molar refractivity (Wildman–Crippen MR) is 108 cm³/mol. The number of ether oxygens (including phenoxy) is 1. The number of nitrogens with one attached hydrogen (secondary N) is 2. The number of carbonyl (C=O) groups is 1. The van der Waals surface area contributed by atoms with Gasteiger partial charge >= 0.3 is 0 Å². The van der Waals surface area contributed by atoms with E-state index in [1.807, 2.05) is 38.1 Å². The SMILES string of the molecule is COc1ccc(CC(C)(C)NC(=O)c2cncnc2NCC(C)(C)C)cc1. The quantitative estimate of drug-likeness (QED) is 0.777. The van der Waals surface area contributed by atoms with Crippen molar-refractivity contribution in [2.24, 2.45) is 5.41 Å². The molecule has 1 aromatic carbocycles. The van der Waals surface area contributed by atoms with Crippen LogP contribution in [0.5, 0.6) is 5.75 Å². The van der Waals surface area contributed by atoms with E-state index in [1.165, 1.54) is 6.33 Å². The first-order valence-electron chi connectivity index (χ1n) is 9.09. The second-order valence-corrected chi connectivity index (χ2v) is 8.56. The van der Waals surface area contributed by atoms with Crippen molar-refractivity contribution >= 4 is 11.7 Å². The van der Waals surface area contributed by atoms with Crippen molar-refractivity contribution in [1.82, 2.24) is 15.3 Å². The number of amides is 1. The number of nitrogens with zero attached hydrogens (tertiary/aromatic N) is 2. The maximum Gasteiger partial charge on any atom is 0.257 e. The molecule has 0 radical (unpaired) electrons. The molecule has 0 aliphatic carbocycles. The normalized spacial score (nSPS) is 11.8. The zero-order valence-corrected chi connectivity index (χ0v) is 17.1. The van der Waals surface area contributed by atoms with E-state index in [9.17, 15) is 4.79 Å². The highest BCUT2D eigenvalue weighted by atomic mass is 16.5. The molecule has 146 valence electrons. The minimum absolute atomic E-state index is 0.0757. The fourth-order valence-corrected chi connectivity index (χ4v) is 2.66. The molecule has 6 heteroatoms. The van der Waals surface area contributed by atoms with Crippen LogP contribution >= 0.6 is 0 Å². The summed E-state index contributed by atoms with van der Waals surface area (Å²) in [6.45, 7) is 11.1. The Hall–Kier alpha value is -2.63. The summed E-state index contributed by atoms with van der Waals surface area (Å²) >= 11 is 0. The van der Waals surface area contributed by atoms with E-state index in [-0.39, 0.29) is 11.3 Å². The van der Waals surface area contributed by atoms with Crippen LogP contribution in [-0.2, 0) is 6.42 Å². The van der Waals surface area contributed by atoms with Gasteiger partial charge in [-0.3, -0.25) is 4.79 Å². The molecule has 0 spiro atoms. The minimum Gasteiger partial charge on any atom is -0.497 e. The number of benzene rings is 1. The molecular formula is C21H30N4O2. The Morgan fingerprint density at radius 2 is 1.78 bits per heavy atom. The summed E-state index contributed by atoms with van der Waals surface area (Å²) in [5.74, 6) is 1.18. The number of anilines is 1. The Morgan fingerprint density at radius 3 is 2.37 bits per heavy atom. The van der Waals surface area contributed by atoms with Gasteiger partial charge in [-0.1, -0.05) is 32.9 Å². The maximum absolute atomic E-state index is 12.8. The molecule has 2 aromatic rings. The average molecular weight is 370 g/mol. The third kappa shape index (κ3) is 6.55. The zero-order chi connectivity index (χ0) is 20.1. The van der Waals surface area contributed by atoms with Crippen LogP contribution in [0.4, 0.5) is 5.82 Å². The summed E-state index contributed by atoms with van der Waals surface area (Å²) < 4.78 is 5.19. The van der Waals surface area contributed by atoms with Crippen LogP contribution in [0.15, 0.2) is 36.8 Å². The molecule has 2 rings (SSSR count). The summed E-state index contributed by atoms with van der Waals surface area (Å²) in [6.07, 6.45) is 3.70. The third-order valence-electron chi connectivity index (χ3n) is 4.00. The van der Waals surface area contributed by atoms with Crippen LogP contribution in [0.2, 0.25) is 0 Å². The standard InChI is InChI=1S/C21H30N4O2/c1-20(2,3)13-23-18-17(12-22-14-24-18)19(26)25-21(4,5)11-15-7-9-16(27-6)10-8-15/h7-10,12,14H,11,13H2,1-6H3,(H,25,26)(H,22,23,24). The Balaban J connectivity index is 2.08. The largest absolute Gasteiger partial charge is 0.497 e. The van der Waals surface area contributed by atoms with E-state index in [4.69, 9.17) is 4.74 Å². The fourth-order valence-electron chi connectivity index (χ4n) is 2.66. The highest BCUT2D eigenvalue weighted by Gasteiger charge is 2.24. The maximum atomic E-state index is 12.8. The Bertz CT molecular complexity index is 764. The lowest BCUT2D eigenvalue weighted by Crippen LogP contribution is -2.45. The van der Waals surface area contributed by atoms with Crippen molar-refractivity contribution in [3.63, 3.8) is 0 Å². The minimum atomic E-state index is -0.428. The molecule has 0 fully saturated rings. The van der Waals surface area contributed by atoms with Gasteiger partial charge in [-0.2, -0.15) is 0 Å². The van der Waals surface area contributed by atoms with Gasteiger partial charge in [-0.05, 0) is 43.4 Å². The number of hydrogen-bond acceptors (Lipinski definition) is 5. The average Bonchev–Trinajstić information content (AvgIpc) is 2.59. The molecule has 0 saturated carbocycles. The van der Waals surface area contributed by atoms with Gasteiger partial charge in [0.25, 0.3) is 5.91 Å². The summed E-state index contributed by atoms with van der Waals surface area (Å²) in [7, 11) is 1.65. The molecule has 6 nitrogen and oxygen atoms in total. The topological polar surface area (TPSA) is 76.1 Å². The molecular weight excluding hydrogens is 340 g/mol. The van der Waals surface area contributed by atoms with E-state index >= 15 is 0 Å². The molecule has 1 amide bonds. The Labute approximate surface area is 161 Å².